The van der Waals surface area contributed by atoms with Crippen LogP contribution in [-0.4, -0.2) is 50.6 Å². The van der Waals surface area contributed by atoms with Crippen molar-refractivity contribution >= 4 is 5.91 Å². The minimum Gasteiger partial charge on any atom is -0.496 e. The number of likely N-dealkylation sites (N-methyl/N-ethyl adjacent to an activating group) is 1. The van der Waals surface area contributed by atoms with Gasteiger partial charge in [0.05, 0.1) is 7.11 Å². The molecule has 2 N–H and O–H groups in total. The van der Waals surface area contributed by atoms with Crippen molar-refractivity contribution in [3.63, 3.8) is 0 Å². The lowest BCUT2D eigenvalue weighted by Crippen LogP contribution is -2.57. The lowest BCUT2D eigenvalue weighted by molar-refractivity contribution is -0.127. The summed E-state index contributed by atoms with van der Waals surface area (Å²) in [6.45, 7) is 6.63. The topological polar surface area (TPSA) is 53.6 Å². The van der Waals surface area contributed by atoms with E-state index in [0.29, 0.717) is 6.54 Å². The standard InChI is InChI=1S/C16H25N3O2/c1-11-5-6-15(21-4)13(9-11)12(2)19-8-7-18-10-14(19)16(20)17-3/h5-6,9,12,14,18H,7-8,10H2,1-4H3,(H,17,20). The fourth-order valence-electron chi connectivity index (χ4n) is 2.95. The van der Waals surface area contributed by atoms with Crippen LogP contribution in [0, 0.1) is 6.92 Å². The van der Waals surface area contributed by atoms with Crippen LogP contribution in [0.3, 0.4) is 0 Å². The molecule has 1 amide bonds. The van der Waals surface area contributed by atoms with E-state index in [0.717, 1.165) is 24.4 Å². The van der Waals surface area contributed by atoms with Crippen LogP contribution < -0.4 is 15.4 Å². The molecule has 21 heavy (non-hydrogen) atoms. The molecule has 1 aromatic carbocycles. The maximum atomic E-state index is 12.1. The van der Waals surface area contributed by atoms with Gasteiger partial charge in [-0.05, 0) is 19.9 Å². The Balaban J connectivity index is 2.30. The summed E-state index contributed by atoms with van der Waals surface area (Å²) in [5.74, 6) is 0.933. The van der Waals surface area contributed by atoms with Gasteiger partial charge >= 0.3 is 0 Å². The van der Waals surface area contributed by atoms with Crippen LogP contribution in [0.25, 0.3) is 0 Å². The van der Waals surface area contributed by atoms with E-state index in [1.54, 1.807) is 14.2 Å². The second-order valence-corrected chi connectivity index (χ2v) is 5.49. The second-order valence-electron chi connectivity index (χ2n) is 5.49. The molecule has 0 spiro atoms. The second kappa shape index (κ2) is 6.91. The predicted octanol–water partition coefficient (Wildman–Crippen LogP) is 1.08. The van der Waals surface area contributed by atoms with Gasteiger partial charge in [-0.2, -0.15) is 0 Å². The summed E-state index contributed by atoms with van der Waals surface area (Å²) in [6.07, 6.45) is 0. The fraction of sp³-hybridized carbons (Fsp3) is 0.562. The average molecular weight is 291 g/mol. The molecule has 2 atom stereocenters. The monoisotopic (exact) mass is 291 g/mol. The summed E-state index contributed by atoms with van der Waals surface area (Å²) in [4.78, 5) is 14.4. The number of rotatable bonds is 4. The number of carbonyl (C=O) groups excluding carboxylic acids is 1. The average Bonchev–Trinajstić information content (AvgIpc) is 2.53. The number of nitrogens with zero attached hydrogens (tertiary/aromatic N) is 1. The van der Waals surface area contributed by atoms with Crippen molar-refractivity contribution in [3.05, 3.63) is 29.3 Å². The number of carbonyl (C=O) groups is 1. The zero-order valence-electron chi connectivity index (χ0n) is 13.3. The maximum Gasteiger partial charge on any atom is 0.238 e. The molecular formula is C16H25N3O2. The van der Waals surface area contributed by atoms with Crippen LogP contribution in [0.15, 0.2) is 18.2 Å². The number of nitrogens with one attached hydrogen (secondary N) is 2. The van der Waals surface area contributed by atoms with Crippen LogP contribution >= 0.6 is 0 Å². The first-order valence-corrected chi connectivity index (χ1v) is 7.41. The molecule has 5 nitrogen and oxygen atoms in total. The quantitative estimate of drug-likeness (QED) is 0.872. The Morgan fingerprint density at radius 1 is 1.52 bits per heavy atom. The minimum atomic E-state index is -0.149. The highest BCUT2D eigenvalue weighted by Gasteiger charge is 2.32. The highest BCUT2D eigenvalue weighted by Crippen LogP contribution is 2.31. The Kier molecular flexibility index (Phi) is 5.20. The van der Waals surface area contributed by atoms with E-state index in [4.69, 9.17) is 4.74 Å². The summed E-state index contributed by atoms with van der Waals surface area (Å²) in [7, 11) is 3.38. The van der Waals surface area contributed by atoms with Crippen LogP contribution in [0.5, 0.6) is 5.75 Å². The highest BCUT2D eigenvalue weighted by molar-refractivity contribution is 5.82. The van der Waals surface area contributed by atoms with Crippen LogP contribution in [0.4, 0.5) is 0 Å². The number of aryl methyl sites for hydroxylation is 1. The zero-order chi connectivity index (χ0) is 15.4. The van der Waals surface area contributed by atoms with E-state index in [9.17, 15) is 4.79 Å². The smallest absolute Gasteiger partial charge is 0.238 e. The van der Waals surface area contributed by atoms with Gasteiger partial charge < -0.3 is 15.4 Å². The van der Waals surface area contributed by atoms with Gasteiger partial charge in [0.15, 0.2) is 0 Å². The number of hydrogen-bond acceptors (Lipinski definition) is 4. The molecule has 116 valence electrons. The van der Waals surface area contributed by atoms with Crippen molar-refractivity contribution in [2.45, 2.75) is 25.9 Å². The summed E-state index contributed by atoms with van der Waals surface area (Å²) in [5.41, 5.74) is 2.33. The van der Waals surface area contributed by atoms with Gasteiger partial charge in [0.25, 0.3) is 0 Å². The largest absolute Gasteiger partial charge is 0.496 e. The van der Waals surface area contributed by atoms with Crippen LogP contribution in [-0.2, 0) is 4.79 Å². The predicted molar refractivity (Wildman–Crippen MR) is 83.6 cm³/mol. The number of hydrogen-bond donors (Lipinski definition) is 2. The molecular weight excluding hydrogens is 266 g/mol. The summed E-state index contributed by atoms with van der Waals surface area (Å²) >= 11 is 0. The summed E-state index contributed by atoms with van der Waals surface area (Å²) in [6, 6.07) is 6.17. The van der Waals surface area contributed by atoms with Gasteiger partial charge in [-0.25, -0.2) is 0 Å². The first kappa shape index (κ1) is 15.8. The maximum absolute atomic E-state index is 12.1. The Hall–Kier alpha value is -1.59. The molecule has 1 saturated heterocycles. The van der Waals surface area contributed by atoms with Crippen LogP contribution in [0.2, 0.25) is 0 Å². The summed E-state index contributed by atoms with van der Waals surface area (Å²) < 4.78 is 5.49. The van der Waals surface area contributed by atoms with Crippen molar-refractivity contribution < 1.29 is 9.53 Å². The van der Waals surface area contributed by atoms with E-state index in [1.165, 1.54) is 5.56 Å². The van der Waals surface area contributed by atoms with Crippen molar-refractivity contribution in [1.82, 2.24) is 15.5 Å². The van der Waals surface area contributed by atoms with Crippen molar-refractivity contribution in [3.8, 4) is 5.75 Å². The first-order valence-electron chi connectivity index (χ1n) is 7.41. The van der Waals surface area contributed by atoms with E-state index in [2.05, 4.69) is 35.4 Å². The Morgan fingerprint density at radius 2 is 2.29 bits per heavy atom. The Bertz CT molecular complexity index is 504. The van der Waals surface area contributed by atoms with Crippen molar-refractivity contribution in [2.75, 3.05) is 33.8 Å². The van der Waals surface area contributed by atoms with E-state index >= 15 is 0 Å². The van der Waals surface area contributed by atoms with Gasteiger partial charge in [0, 0.05) is 38.3 Å². The first-order chi connectivity index (χ1) is 10.1. The van der Waals surface area contributed by atoms with E-state index in [-0.39, 0.29) is 18.0 Å². The molecule has 0 saturated carbocycles. The number of benzene rings is 1. The number of amides is 1. The number of methoxy groups -OCH3 is 1. The van der Waals surface area contributed by atoms with Gasteiger partial charge in [-0.15, -0.1) is 0 Å². The number of piperazine rings is 1. The van der Waals surface area contributed by atoms with Gasteiger partial charge in [-0.3, -0.25) is 9.69 Å². The molecule has 1 aromatic rings. The molecule has 1 aliphatic heterocycles. The molecule has 0 radical (unpaired) electrons. The third kappa shape index (κ3) is 3.36. The van der Waals surface area contributed by atoms with Gasteiger partial charge in [-0.1, -0.05) is 17.7 Å². The third-order valence-corrected chi connectivity index (χ3v) is 4.17. The lowest BCUT2D eigenvalue weighted by Gasteiger charge is -2.39. The molecule has 1 heterocycles. The third-order valence-electron chi connectivity index (χ3n) is 4.17. The fourth-order valence-corrected chi connectivity index (χ4v) is 2.95. The molecule has 1 fully saturated rings. The van der Waals surface area contributed by atoms with E-state index in [1.807, 2.05) is 12.1 Å². The minimum absolute atomic E-state index is 0.0562. The molecule has 2 rings (SSSR count). The lowest BCUT2D eigenvalue weighted by atomic mass is 10.00. The zero-order valence-corrected chi connectivity index (χ0v) is 13.3. The molecule has 0 aliphatic carbocycles. The molecule has 2 unspecified atom stereocenters. The van der Waals surface area contributed by atoms with Gasteiger partial charge in [0.1, 0.15) is 11.8 Å². The molecule has 0 bridgehead atoms. The molecule has 1 aliphatic rings. The van der Waals surface area contributed by atoms with Gasteiger partial charge in [0.2, 0.25) is 5.91 Å². The molecule has 5 heteroatoms. The summed E-state index contributed by atoms with van der Waals surface area (Å²) in [5, 5.41) is 6.05. The van der Waals surface area contributed by atoms with Crippen molar-refractivity contribution in [1.29, 1.82) is 0 Å². The van der Waals surface area contributed by atoms with Crippen LogP contribution in [0.1, 0.15) is 24.1 Å². The Labute approximate surface area is 126 Å². The number of ether oxygens (including phenoxy) is 1. The van der Waals surface area contributed by atoms with E-state index < -0.39 is 0 Å². The SMILES string of the molecule is CNC(=O)C1CNCCN1C(C)c1cc(C)ccc1OC. The highest BCUT2D eigenvalue weighted by atomic mass is 16.5. The normalized spacial score (nSPS) is 20.9. The Morgan fingerprint density at radius 3 is 2.95 bits per heavy atom. The van der Waals surface area contributed by atoms with Crippen molar-refractivity contribution in [2.24, 2.45) is 0 Å². The molecule has 0 aromatic heterocycles.